The summed E-state index contributed by atoms with van der Waals surface area (Å²) in [6.45, 7) is -2.29. The lowest BCUT2D eigenvalue weighted by Crippen LogP contribution is -2.18. The number of anilines is 1. The molecule has 0 amide bonds. The molecule has 20 heavy (non-hydrogen) atoms. The van der Waals surface area contributed by atoms with Crippen LogP contribution in [-0.4, -0.2) is 33.0 Å². The summed E-state index contributed by atoms with van der Waals surface area (Å²) in [5, 5.41) is 16.5. The summed E-state index contributed by atoms with van der Waals surface area (Å²) in [5.41, 5.74) is -1.04. The maximum Gasteiger partial charge on any atom is 0.256 e. The van der Waals surface area contributed by atoms with Gasteiger partial charge in [-0.05, 0) is 12.5 Å². The van der Waals surface area contributed by atoms with Crippen molar-refractivity contribution in [2.45, 2.75) is 18.9 Å². The maximum atomic E-state index is 13.5. The molecule has 1 aromatic carbocycles. The Kier molecular flexibility index (Phi) is 6.33. The van der Waals surface area contributed by atoms with Gasteiger partial charge < -0.3 is 14.6 Å². The smallest absolute Gasteiger partial charge is 0.256 e. The molecule has 0 unspecified atom stereocenters. The Labute approximate surface area is 113 Å². The normalized spacial score (nSPS) is 11.8. The van der Waals surface area contributed by atoms with Crippen LogP contribution in [0.4, 0.5) is 27.7 Å². The summed E-state index contributed by atoms with van der Waals surface area (Å²) in [4.78, 5) is 0. The molecule has 4 nitrogen and oxygen atoms in total. The maximum absolute atomic E-state index is 13.5. The van der Waals surface area contributed by atoms with Crippen molar-refractivity contribution >= 4 is 15.5 Å². The SMILES string of the molecule is OC(O)O[SiH2]CCCN(F)c1cc(F)c(F)c(F)c1F. The topological polar surface area (TPSA) is 52.9 Å². The second kappa shape index (κ2) is 7.52. The Morgan fingerprint density at radius 2 is 1.80 bits per heavy atom. The summed E-state index contributed by atoms with van der Waals surface area (Å²) in [7, 11) is -1.29. The van der Waals surface area contributed by atoms with Gasteiger partial charge in [0.15, 0.2) is 33.0 Å². The third-order valence-electron chi connectivity index (χ3n) is 2.36. The first-order valence-electron chi connectivity index (χ1n) is 5.58. The second-order valence-electron chi connectivity index (χ2n) is 3.81. The van der Waals surface area contributed by atoms with Gasteiger partial charge in [0.25, 0.3) is 6.48 Å². The molecule has 0 heterocycles. The number of hydrogen-bond acceptors (Lipinski definition) is 4. The highest BCUT2D eigenvalue weighted by Gasteiger charge is 2.22. The van der Waals surface area contributed by atoms with E-state index in [9.17, 15) is 22.0 Å². The number of aliphatic hydroxyl groups excluding tert-OH is 1. The van der Waals surface area contributed by atoms with Crippen LogP contribution in [-0.2, 0) is 4.43 Å². The minimum absolute atomic E-state index is 0.134. The van der Waals surface area contributed by atoms with Crippen molar-refractivity contribution in [1.82, 2.24) is 0 Å². The molecule has 0 radical (unpaired) electrons. The average molecular weight is 317 g/mol. The average Bonchev–Trinajstić information content (AvgIpc) is 2.39. The highest BCUT2D eigenvalue weighted by molar-refractivity contribution is 6.27. The van der Waals surface area contributed by atoms with Gasteiger partial charge in [0.05, 0.1) is 6.54 Å². The first-order valence-corrected chi connectivity index (χ1v) is 7.16. The van der Waals surface area contributed by atoms with E-state index >= 15 is 0 Å². The van der Waals surface area contributed by atoms with Gasteiger partial charge >= 0.3 is 0 Å². The summed E-state index contributed by atoms with van der Waals surface area (Å²) in [6.07, 6.45) is 0.134. The van der Waals surface area contributed by atoms with Gasteiger partial charge in [0, 0.05) is 6.07 Å². The molecule has 0 saturated carbocycles. The molecule has 0 aliphatic carbocycles. The highest BCUT2D eigenvalue weighted by atomic mass is 28.2. The van der Waals surface area contributed by atoms with Crippen LogP contribution in [0.5, 0.6) is 0 Å². The first-order chi connectivity index (χ1) is 9.34. The standard InChI is InChI=1S/C10H12F5NO3Si/c11-5-4-6(8(13)9(14)7(5)12)16(15)2-1-3-20-19-10(17)18/h4,10,17-18H,1-3,20H2. The molecule has 0 saturated heterocycles. The Morgan fingerprint density at radius 3 is 2.40 bits per heavy atom. The number of hydrogen-bond donors (Lipinski definition) is 2. The molecule has 0 bridgehead atoms. The largest absolute Gasteiger partial charge is 0.379 e. The van der Waals surface area contributed by atoms with E-state index in [1.165, 1.54) is 0 Å². The predicted octanol–water partition coefficient (Wildman–Crippen LogP) is 1.11. The molecule has 0 aromatic heterocycles. The van der Waals surface area contributed by atoms with Crippen molar-refractivity contribution in [3.63, 3.8) is 0 Å². The zero-order valence-electron chi connectivity index (χ0n) is 10.1. The van der Waals surface area contributed by atoms with Crippen molar-refractivity contribution in [3.05, 3.63) is 29.3 Å². The Bertz CT molecular complexity index is 463. The lowest BCUT2D eigenvalue weighted by molar-refractivity contribution is -0.180. The van der Waals surface area contributed by atoms with Crippen LogP contribution in [0.2, 0.25) is 6.04 Å². The quantitative estimate of drug-likeness (QED) is 0.150. The predicted molar refractivity (Wildman–Crippen MR) is 62.0 cm³/mol. The van der Waals surface area contributed by atoms with Crippen LogP contribution in [0.15, 0.2) is 6.07 Å². The van der Waals surface area contributed by atoms with Gasteiger partial charge in [-0.25, -0.2) is 22.7 Å². The monoisotopic (exact) mass is 317 g/mol. The Hall–Kier alpha value is -1.23. The third kappa shape index (κ3) is 4.40. The number of nitrogens with zero attached hydrogens (tertiary/aromatic N) is 1. The molecule has 0 fully saturated rings. The number of halogens is 5. The van der Waals surface area contributed by atoms with E-state index in [-0.39, 0.29) is 17.6 Å². The van der Waals surface area contributed by atoms with Crippen molar-refractivity contribution in [2.75, 3.05) is 11.7 Å². The van der Waals surface area contributed by atoms with E-state index in [4.69, 9.17) is 10.2 Å². The van der Waals surface area contributed by atoms with E-state index in [2.05, 4.69) is 4.43 Å². The van der Waals surface area contributed by atoms with Crippen LogP contribution in [0.25, 0.3) is 0 Å². The minimum Gasteiger partial charge on any atom is -0.379 e. The van der Waals surface area contributed by atoms with E-state index in [1.54, 1.807) is 0 Å². The van der Waals surface area contributed by atoms with Crippen molar-refractivity contribution in [2.24, 2.45) is 0 Å². The molecule has 0 aliphatic heterocycles. The van der Waals surface area contributed by atoms with Crippen LogP contribution < -0.4 is 5.12 Å². The van der Waals surface area contributed by atoms with E-state index in [0.717, 1.165) is 0 Å². The van der Waals surface area contributed by atoms with Crippen LogP contribution in [0.1, 0.15) is 6.42 Å². The van der Waals surface area contributed by atoms with Gasteiger partial charge in [0.2, 0.25) is 0 Å². The molecule has 10 heteroatoms. The van der Waals surface area contributed by atoms with Crippen molar-refractivity contribution in [1.29, 1.82) is 0 Å². The lowest BCUT2D eigenvalue weighted by atomic mass is 10.2. The van der Waals surface area contributed by atoms with Crippen LogP contribution >= 0.6 is 0 Å². The number of aliphatic hydroxyl groups is 2. The molecule has 114 valence electrons. The molecule has 2 N–H and O–H groups in total. The summed E-state index contributed by atoms with van der Waals surface area (Å²) in [5.74, 6) is -7.59. The minimum atomic E-state index is -2.08. The lowest BCUT2D eigenvalue weighted by Gasteiger charge is -2.15. The first kappa shape index (κ1) is 16.8. The summed E-state index contributed by atoms with van der Waals surface area (Å²) < 4.78 is 69.6. The van der Waals surface area contributed by atoms with E-state index < -0.39 is 51.7 Å². The van der Waals surface area contributed by atoms with Gasteiger partial charge in [-0.3, -0.25) is 0 Å². The van der Waals surface area contributed by atoms with Gasteiger partial charge in [-0.2, -0.15) is 0 Å². The third-order valence-corrected chi connectivity index (χ3v) is 3.68. The molecular weight excluding hydrogens is 305 g/mol. The number of rotatable bonds is 7. The fourth-order valence-electron chi connectivity index (χ4n) is 1.40. The van der Waals surface area contributed by atoms with Crippen LogP contribution in [0.3, 0.4) is 0 Å². The van der Waals surface area contributed by atoms with Gasteiger partial charge in [-0.1, -0.05) is 4.48 Å². The van der Waals surface area contributed by atoms with Crippen molar-refractivity contribution < 1.29 is 36.7 Å². The molecule has 1 aromatic rings. The molecule has 0 spiro atoms. The fourth-order valence-corrected chi connectivity index (χ4v) is 2.20. The highest BCUT2D eigenvalue weighted by Crippen LogP contribution is 2.26. The van der Waals surface area contributed by atoms with E-state index in [0.29, 0.717) is 6.04 Å². The van der Waals surface area contributed by atoms with E-state index in [1.807, 2.05) is 0 Å². The fraction of sp³-hybridized carbons (Fsp3) is 0.400. The zero-order valence-corrected chi connectivity index (χ0v) is 11.5. The summed E-state index contributed by atoms with van der Waals surface area (Å²) >= 11 is 0. The van der Waals surface area contributed by atoms with Crippen molar-refractivity contribution in [3.8, 4) is 0 Å². The summed E-state index contributed by atoms with van der Waals surface area (Å²) in [6, 6.07) is 0.547. The zero-order chi connectivity index (χ0) is 15.3. The molecule has 1 rings (SSSR count). The van der Waals surface area contributed by atoms with Gasteiger partial charge in [-0.15, -0.1) is 0 Å². The molecule has 0 aliphatic rings. The Morgan fingerprint density at radius 1 is 1.15 bits per heavy atom. The van der Waals surface area contributed by atoms with Crippen LogP contribution in [0, 0.1) is 23.3 Å². The van der Waals surface area contributed by atoms with Gasteiger partial charge in [0.1, 0.15) is 5.69 Å². The second-order valence-corrected chi connectivity index (χ2v) is 5.26. The Balaban J connectivity index is 2.58. The number of benzene rings is 1. The molecule has 0 atom stereocenters. The molecular formula is C10H12F5NO3Si.